The molecular weight excluding hydrogens is 239 g/mol. The van der Waals surface area contributed by atoms with Gasteiger partial charge in [-0.05, 0) is 18.0 Å². The van der Waals surface area contributed by atoms with E-state index in [2.05, 4.69) is 0 Å². The van der Waals surface area contributed by atoms with Gasteiger partial charge in [0.15, 0.2) is 5.78 Å². The first-order valence-electron chi connectivity index (χ1n) is 4.78. The van der Waals surface area contributed by atoms with E-state index in [1.54, 1.807) is 24.4 Å². The molecule has 6 heteroatoms. The lowest BCUT2D eigenvalue weighted by Crippen LogP contribution is -2.37. The van der Waals surface area contributed by atoms with Gasteiger partial charge in [-0.1, -0.05) is 13.0 Å². The highest BCUT2D eigenvalue weighted by molar-refractivity contribution is 7.12. The van der Waals surface area contributed by atoms with E-state index >= 15 is 0 Å². The maximum absolute atomic E-state index is 12.1. The van der Waals surface area contributed by atoms with Crippen molar-refractivity contribution in [1.82, 2.24) is 4.90 Å². The van der Waals surface area contributed by atoms with E-state index in [0.29, 0.717) is 4.88 Å². The lowest BCUT2D eigenvalue weighted by atomic mass is 10.3. The van der Waals surface area contributed by atoms with E-state index in [1.807, 2.05) is 0 Å². The zero-order chi connectivity index (χ0) is 12.2. The zero-order valence-corrected chi connectivity index (χ0v) is 9.57. The smallest absolute Gasteiger partial charge is 0.292 e. The van der Waals surface area contributed by atoms with Gasteiger partial charge in [0.2, 0.25) is 0 Å². The Morgan fingerprint density at radius 3 is 2.62 bits per heavy atom. The Bertz CT molecular complexity index is 334. The summed E-state index contributed by atoms with van der Waals surface area (Å²) >= 11 is 1.24. The maximum Gasteiger partial charge on any atom is 0.401 e. The normalized spacial score (nSPS) is 12.1. The van der Waals surface area contributed by atoms with E-state index in [0.717, 1.165) is 4.90 Å². The number of likely N-dealkylation sites (N-methyl/N-ethyl adjacent to an activating group) is 1. The standard InChI is InChI=1S/C10H12F3NOS/c1-2-14(7-10(11,12)13)6-8(15)9-4-3-5-16-9/h3-5H,2,6-7H2,1H3. The third kappa shape index (κ3) is 4.32. The highest BCUT2D eigenvalue weighted by atomic mass is 32.1. The van der Waals surface area contributed by atoms with Gasteiger partial charge in [-0.25, -0.2) is 0 Å². The van der Waals surface area contributed by atoms with Crippen LogP contribution in [0, 0.1) is 0 Å². The van der Waals surface area contributed by atoms with Crippen molar-refractivity contribution in [3.8, 4) is 0 Å². The summed E-state index contributed by atoms with van der Waals surface area (Å²) < 4.78 is 36.4. The molecular formula is C10H12F3NOS. The van der Waals surface area contributed by atoms with Gasteiger partial charge < -0.3 is 0 Å². The predicted octanol–water partition coefficient (Wildman–Crippen LogP) is 2.82. The van der Waals surface area contributed by atoms with Crippen molar-refractivity contribution in [3.05, 3.63) is 22.4 Å². The Morgan fingerprint density at radius 1 is 1.50 bits per heavy atom. The largest absolute Gasteiger partial charge is 0.401 e. The lowest BCUT2D eigenvalue weighted by molar-refractivity contribution is -0.144. The molecule has 16 heavy (non-hydrogen) atoms. The first-order valence-corrected chi connectivity index (χ1v) is 5.66. The molecule has 0 aliphatic heterocycles. The number of thiophene rings is 1. The van der Waals surface area contributed by atoms with Crippen LogP contribution in [0.5, 0.6) is 0 Å². The molecule has 90 valence electrons. The summed E-state index contributed by atoms with van der Waals surface area (Å²) in [6.45, 7) is 0.585. The predicted molar refractivity (Wildman–Crippen MR) is 56.8 cm³/mol. The van der Waals surface area contributed by atoms with E-state index in [-0.39, 0.29) is 18.9 Å². The van der Waals surface area contributed by atoms with Crippen molar-refractivity contribution in [2.75, 3.05) is 19.6 Å². The average Bonchev–Trinajstić information content (AvgIpc) is 2.67. The topological polar surface area (TPSA) is 20.3 Å². The number of rotatable bonds is 5. The van der Waals surface area contributed by atoms with Crippen LogP contribution < -0.4 is 0 Å². The first kappa shape index (κ1) is 13.2. The first-order chi connectivity index (χ1) is 7.42. The molecule has 2 nitrogen and oxygen atoms in total. The molecule has 1 aromatic rings. The summed E-state index contributed by atoms with van der Waals surface area (Å²) in [7, 11) is 0. The molecule has 0 N–H and O–H groups in total. The number of alkyl halides is 3. The number of Topliss-reactive ketones (excluding diaryl/α,β-unsaturated/α-hetero) is 1. The number of hydrogen-bond donors (Lipinski definition) is 0. The van der Waals surface area contributed by atoms with Crippen LogP contribution in [0.4, 0.5) is 13.2 Å². The second-order valence-corrected chi connectivity index (χ2v) is 4.27. The van der Waals surface area contributed by atoms with Crippen LogP contribution in [-0.4, -0.2) is 36.5 Å². The molecule has 0 bridgehead atoms. The van der Waals surface area contributed by atoms with Crippen molar-refractivity contribution in [2.24, 2.45) is 0 Å². The number of halogens is 3. The van der Waals surface area contributed by atoms with Gasteiger partial charge in [-0.2, -0.15) is 13.2 Å². The quantitative estimate of drug-likeness (QED) is 0.750. The van der Waals surface area contributed by atoms with Gasteiger partial charge in [0.1, 0.15) is 0 Å². The fourth-order valence-corrected chi connectivity index (χ4v) is 1.91. The van der Waals surface area contributed by atoms with Gasteiger partial charge in [0.05, 0.1) is 18.0 Å². The fourth-order valence-electron chi connectivity index (χ4n) is 1.25. The minimum atomic E-state index is -4.26. The summed E-state index contributed by atoms with van der Waals surface area (Å²) in [5.74, 6) is -0.263. The minimum absolute atomic E-state index is 0.184. The molecule has 0 saturated carbocycles. The molecule has 0 spiro atoms. The molecule has 0 aromatic carbocycles. The SMILES string of the molecule is CCN(CC(=O)c1cccs1)CC(F)(F)F. The van der Waals surface area contributed by atoms with Gasteiger partial charge in [-0.15, -0.1) is 11.3 Å². The van der Waals surface area contributed by atoms with Gasteiger partial charge >= 0.3 is 6.18 Å². The molecule has 0 atom stereocenters. The molecule has 0 unspecified atom stereocenters. The molecule has 0 saturated heterocycles. The van der Waals surface area contributed by atoms with Crippen LogP contribution >= 0.6 is 11.3 Å². The molecule has 0 fully saturated rings. The van der Waals surface area contributed by atoms with Crippen molar-refractivity contribution in [3.63, 3.8) is 0 Å². The third-order valence-corrected chi connectivity index (χ3v) is 2.92. The summed E-state index contributed by atoms with van der Waals surface area (Å²) in [4.78, 5) is 13.1. The third-order valence-electron chi connectivity index (χ3n) is 2.01. The highest BCUT2D eigenvalue weighted by Crippen LogP contribution is 2.17. The molecule has 1 rings (SSSR count). The number of nitrogens with zero attached hydrogens (tertiary/aromatic N) is 1. The summed E-state index contributed by atoms with van der Waals surface area (Å²) in [6.07, 6.45) is -4.26. The van der Waals surface area contributed by atoms with Crippen molar-refractivity contribution in [2.45, 2.75) is 13.1 Å². The number of carbonyl (C=O) groups is 1. The average molecular weight is 251 g/mol. The summed E-state index contributed by atoms with van der Waals surface area (Å²) in [5.41, 5.74) is 0. The van der Waals surface area contributed by atoms with Crippen LogP contribution in [0.25, 0.3) is 0 Å². The number of carbonyl (C=O) groups excluding carboxylic acids is 1. The molecule has 0 aliphatic rings. The van der Waals surface area contributed by atoms with Gasteiger partial charge in [0.25, 0.3) is 0 Å². The Hall–Kier alpha value is -0.880. The van der Waals surface area contributed by atoms with E-state index in [1.165, 1.54) is 11.3 Å². The van der Waals surface area contributed by atoms with Crippen molar-refractivity contribution < 1.29 is 18.0 Å². The van der Waals surface area contributed by atoms with Crippen LogP contribution in [-0.2, 0) is 0 Å². The van der Waals surface area contributed by atoms with Crippen LogP contribution in [0.1, 0.15) is 16.6 Å². The Balaban J connectivity index is 2.54. The maximum atomic E-state index is 12.1. The number of hydrogen-bond acceptors (Lipinski definition) is 3. The molecule has 0 amide bonds. The summed E-state index contributed by atoms with van der Waals surface area (Å²) in [5, 5.41) is 1.73. The Morgan fingerprint density at radius 2 is 2.19 bits per heavy atom. The van der Waals surface area contributed by atoms with Crippen molar-refractivity contribution >= 4 is 17.1 Å². The fraction of sp³-hybridized carbons (Fsp3) is 0.500. The Labute approximate surface area is 95.7 Å². The van der Waals surface area contributed by atoms with Crippen LogP contribution in [0.3, 0.4) is 0 Å². The zero-order valence-electron chi connectivity index (χ0n) is 8.75. The summed E-state index contributed by atoms with van der Waals surface area (Å²) in [6, 6.07) is 3.33. The highest BCUT2D eigenvalue weighted by Gasteiger charge is 2.30. The monoisotopic (exact) mass is 251 g/mol. The molecule has 1 aromatic heterocycles. The second kappa shape index (κ2) is 5.45. The Kier molecular flexibility index (Phi) is 4.49. The molecule has 0 radical (unpaired) electrons. The van der Waals surface area contributed by atoms with Crippen LogP contribution in [0.2, 0.25) is 0 Å². The lowest BCUT2D eigenvalue weighted by Gasteiger charge is -2.20. The molecule has 0 aliphatic carbocycles. The number of ketones is 1. The van der Waals surface area contributed by atoms with Crippen molar-refractivity contribution in [1.29, 1.82) is 0 Å². The van der Waals surface area contributed by atoms with E-state index in [9.17, 15) is 18.0 Å². The van der Waals surface area contributed by atoms with Gasteiger partial charge in [-0.3, -0.25) is 9.69 Å². The van der Waals surface area contributed by atoms with E-state index < -0.39 is 12.7 Å². The van der Waals surface area contributed by atoms with Crippen LogP contribution in [0.15, 0.2) is 17.5 Å². The molecule has 1 heterocycles. The minimum Gasteiger partial charge on any atom is -0.292 e. The second-order valence-electron chi connectivity index (χ2n) is 3.32. The van der Waals surface area contributed by atoms with Gasteiger partial charge in [0, 0.05) is 0 Å². The van der Waals surface area contributed by atoms with E-state index in [4.69, 9.17) is 0 Å².